The highest BCUT2D eigenvalue weighted by Gasteiger charge is 2.30. The van der Waals surface area contributed by atoms with Crippen molar-refractivity contribution in [3.8, 4) is 0 Å². The number of carbonyl (C=O) groups is 1. The monoisotopic (exact) mass is 281 g/mol. The Kier molecular flexibility index (Phi) is 3.71. The topological polar surface area (TPSA) is 59.2 Å². The molecule has 4 nitrogen and oxygen atoms in total. The number of benzene rings is 1. The molecule has 0 spiro atoms. The van der Waals surface area contributed by atoms with Crippen LogP contribution >= 0.6 is 0 Å². The highest BCUT2D eigenvalue weighted by atomic mass is 16.2. The Morgan fingerprint density at radius 2 is 2.14 bits per heavy atom. The maximum atomic E-state index is 12.7. The summed E-state index contributed by atoms with van der Waals surface area (Å²) in [5.41, 5.74) is 9.93. The van der Waals surface area contributed by atoms with E-state index >= 15 is 0 Å². The number of fused-ring (bicyclic) bond motifs is 1. The van der Waals surface area contributed by atoms with E-state index in [0.717, 1.165) is 12.1 Å². The van der Waals surface area contributed by atoms with Gasteiger partial charge in [0, 0.05) is 25.0 Å². The second kappa shape index (κ2) is 5.66. The standard InChI is InChI=1S/C17H19N3O/c1-12-6-7-14(11-19-12)17(21)20-9-8-13-4-2-3-5-15(13)16(20)10-18/h2-7,11,16H,8-10,18H2,1H3. The molecule has 2 heterocycles. The molecule has 2 N–H and O–H groups in total. The van der Waals surface area contributed by atoms with Gasteiger partial charge < -0.3 is 10.6 Å². The first-order valence-corrected chi connectivity index (χ1v) is 7.22. The summed E-state index contributed by atoms with van der Waals surface area (Å²) >= 11 is 0. The lowest BCUT2D eigenvalue weighted by atomic mass is 9.92. The van der Waals surface area contributed by atoms with Gasteiger partial charge in [-0.15, -0.1) is 0 Å². The molecule has 1 aliphatic rings. The van der Waals surface area contributed by atoms with Crippen molar-refractivity contribution in [3.05, 3.63) is 65.0 Å². The zero-order valence-electron chi connectivity index (χ0n) is 12.1. The van der Waals surface area contributed by atoms with Crippen LogP contribution < -0.4 is 5.73 Å². The van der Waals surface area contributed by atoms with Gasteiger partial charge in [-0.2, -0.15) is 0 Å². The number of aromatic nitrogens is 1. The molecule has 0 fully saturated rings. The first-order chi connectivity index (χ1) is 10.2. The van der Waals surface area contributed by atoms with E-state index < -0.39 is 0 Å². The summed E-state index contributed by atoms with van der Waals surface area (Å²) in [5.74, 6) is 0.00690. The molecule has 1 unspecified atom stereocenters. The van der Waals surface area contributed by atoms with E-state index in [1.807, 2.05) is 36.1 Å². The first kappa shape index (κ1) is 13.8. The third kappa shape index (κ3) is 2.54. The molecule has 1 aromatic heterocycles. The van der Waals surface area contributed by atoms with Gasteiger partial charge in [0.2, 0.25) is 0 Å². The number of hydrogen-bond donors (Lipinski definition) is 1. The first-order valence-electron chi connectivity index (χ1n) is 7.22. The van der Waals surface area contributed by atoms with Crippen molar-refractivity contribution < 1.29 is 4.79 Å². The van der Waals surface area contributed by atoms with Crippen molar-refractivity contribution >= 4 is 5.91 Å². The Morgan fingerprint density at radius 1 is 1.33 bits per heavy atom. The number of rotatable bonds is 2. The molecule has 0 saturated heterocycles. The Bertz CT molecular complexity index is 651. The molecule has 108 valence electrons. The predicted molar refractivity (Wildman–Crippen MR) is 82.0 cm³/mol. The summed E-state index contributed by atoms with van der Waals surface area (Å²) in [7, 11) is 0. The molecule has 21 heavy (non-hydrogen) atoms. The quantitative estimate of drug-likeness (QED) is 0.917. The number of pyridine rings is 1. The highest BCUT2D eigenvalue weighted by molar-refractivity contribution is 5.94. The third-order valence-electron chi connectivity index (χ3n) is 4.05. The van der Waals surface area contributed by atoms with Crippen molar-refractivity contribution in [2.45, 2.75) is 19.4 Å². The minimum Gasteiger partial charge on any atom is -0.330 e. The average molecular weight is 281 g/mol. The number of carbonyl (C=O) groups excluding carboxylic acids is 1. The summed E-state index contributed by atoms with van der Waals surface area (Å²) in [5, 5.41) is 0. The molecular formula is C17H19N3O. The molecule has 2 aromatic rings. The molecular weight excluding hydrogens is 262 g/mol. The molecule has 1 aliphatic heterocycles. The molecule has 1 atom stereocenters. The van der Waals surface area contributed by atoms with Gasteiger partial charge in [0.05, 0.1) is 11.6 Å². The number of nitrogens with two attached hydrogens (primary N) is 1. The van der Waals surface area contributed by atoms with Crippen LogP contribution in [0.3, 0.4) is 0 Å². The van der Waals surface area contributed by atoms with Crippen LogP contribution in [0.15, 0.2) is 42.6 Å². The Morgan fingerprint density at radius 3 is 2.86 bits per heavy atom. The van der Waals surface area contributed by atoms with Crippen LogP contribution in [0.1, 0.15) is 33.2 Å². The molecule has 3 rings (SSSR count). The van der Waals surface area contributed by atoms with Crippen LogP contribution in [0.2, 0.25) is 0 Å². The van der Waals surface area contributed by atoms with E-state index in [0.29, 0.717) is 18.7 Å². The van der Waals surface area contributed by atoms with Crippen molar-refractivity contribution in [3.63, 3.8) is 0 Å². The number of aryl methyl sites for hydroxylation is 1. The molecule has 0 aliphatic carbocycles. The van der Waals surface area contributed by atoms with E-state index in [4.69, 9.17) is 5.73 Å². The van der Waals surface area contributed by atoms with E-state index in [2.05, 4.69) is 17.1 Å². The molecule has 1 aromatic carbocycles. The van der Waals surface area contributed by atoms with E-state index in [1.54, 1.807) is 6.20 Å². The minimum absolute atomic E-state index is 0.00690. The molecule has 0 saturated carbocycles. The zero-order valence-corrected chi connectivity index (χ0v) is 12.1. The Hall–Kier alpha value is -2.20. The summed E-state index contributed by atoms with van der Waals surface area (Å²) in [4.78, 5) is 18.8. The highest BCUT2D eigenvalue weighted by Crippen LogP contribution is 2.29. The SMILES string of the molecule is Cc1ccc(C(=O)N2CCc3ccccc3C2CN)cn1. The van der Waals surface area contributed by atoms with Gasteiger partial charge in [0.15, 0.2) is 0 Å². The van der Waals surface area contributed by atoms with Crippen LogP contribution in [0, 0.1) is 6.92 Å². The smallest absolute Gasteiger partial charge is 0.255 e. The molecule has 1 amide bonds. The normalized spacial score (nSPS) is 17.4. The largest absolute Gasteiger partial charge is 0.330 e. The van der Waals surface area contributed by atoms with Gasteiger partial charge in [0.1, 0.15) is 0 Å². The number of amides is 1. The van der Waals surface area contributed by atoms with Crippen LogP contribution in [0.4, 0.5) is 0 Å². The van der Waals surface area contributed by atoms with Crippen molar-refractivity contribution in [1.29, 1.82) is 0 Å². The van der Waals surface area contributed by atoms with E-state index in [1.165, 1.54) is 11.1 Å². The van der Waals surface area contributed by atoms with Crippen molar-refractivity contribution in [2.75, 3.05) is 13.1 Å². The molecule has 4 heteroatoms. The molecule has 0 radical (unpaired) electrons. The maximum Gasteiger partial charge on any atom is 0.255 e. The Labute approximate surface area is 124 Å². The summed E-state index contributed by atoms with van der Waals surface area (Å²) < 4.78 is 0. The average Bonchev–Trinajstić information content (AvgIpc) is 2.53. The summed E-state index contributed by atoms with van der Waals surface area (Å²) in [6.45, 7) is 3.04. The van der Waals surface area contributed by atoms with Crippen LogP contribution in [-0.2, 0) is 6.42 Å². The molecule has 0 bridgehead atoms. The van der Waals surface area contributed by atoms with Gasteiger partial charge >= 0.3 is 0 Å². The van der Waals surface area contributed by atoms with Gasteiger partial charge in [-0.05, 0) is 36.6 Å². The van der Waals surface area contributed by atoms with Crippen LogP contribution in [0.25, 0.3) is 0 Å². The summed E-state index contributed by atoms with van der Waals surface area (Å²) in [6.07, 6.45) is 2.52. The van der Waals surface area contributed by atoms with E-state index in [-0.39, 0.29) is 11.9 Å². The van der Waals surface area contributed by atoms with Gasteiger partial charge in [-0.25, -0.2) is 0 Å². The lowest BCUT2D eigenvalue weighted by molar-refractivity contribution is 0.0667. The lowest BCUT2D eigenvalue weighted by Gasteiger charge is -2.36. The Balaban J connectivity index is 1.92. The van der Waals surface area contributed by atoms with Gasteiger partial charge in [-0.1, -0.05) is 24.3 Å². The maximum absolute atomic E-state index is 12.7. The number of nitrogens with zero attached hydrogens (tertiary/aromatic N) is 2. The fourth-order valence-corrected chi connectivity index (χ4v) is 2.91. The van der Waals surface area contributed by atoms with Crippen molar-refractivity contribution in [1.82, 2.24) is 9.88 Å². The van der Waals surface area contributed by atoms with Gasteiger partial charge in [-0.3, -0.25) is 9.78 Å². The van der Waals surface area contributed by atoms with Gasteiger partial charge in [0.25, 0.3) is 5.91 Å². The second-order valence-electron chi connectivity index (χ2n) is 5.39. The second-order valence-corrected chi connectivity index (χ2v) is 5.39. The van der Waals surface area contributed by atoms with Crippen LogP contribution in [-0.4, -0.2) is 28.9 Å². The van der Waals surface area contributed by atoms with Crippen LogP contribution in [0.5, 0.6) is 0 Å². The predicted octanol–water partition coefficient (Wildman–Crippen LogP) is 2.09. The third-order valence-corrected chi connectivity index (χ3v) is 4.05. The lowest BCUT2D eigenvalue weighted by Crippen LogP contribution is -2.43. The van der Waals surface area contributed by atoms with E-state index in [9.17, 15) is 4.79 Å². The summed E-state index contributed by atoms with van der Waals surface area (Å²) in [6, 6.07) is 11.9. The fraction of sp³-hybridized carbons (Fsp3) is 0.294. The number of hydrogen-bond acceptors (Lipinski definition) is 3. The van der Waals surface area contributed by atoms with Crippen molar-refractivity contribution in [2.24, 2.45) is 5.73 Å². The fourth-order valence-electron chi connectivity index (χ4n) is 2.91. The zero-order chi connectivity index (χ0) is 14.8. The minimum atomic E-state index is -0.0521.